The van der Waals surface area contributed by atoms with Gasteiger partial charge < -0.3 is 10.6 Å². The molecule has 1 aliphatic heterocycles. The highest BCUT2D eigenvalue weighted by Gasteiger charge is 2.14. The first kappa shape index (κ1) is 15.0. The van der Waals surface area contributed by atoms with E-state index in [0.29, 0.717) is 18.0 Å². The first-order valence-corrected chi connectivity index (χ1v) is 8.27. The lowest BCUT2D eigenvalue weighted by atomic mass is 10.0. The second kappa shape index (κ2) is 6.13. The molecule has 1 aliphatic rings. The van der Waals surface area contributed by atoms with Crippen molar-refractivity contribution in [3.05, 3.63) is 64.8 Å². The van der Waals surface area contributed by atoms with Crippen molar-refractivity contribution < 1.29 is 4.79 Å². The summed E-state index contributed by atoms with van der Waals surface area (Å²) >= 11 is 6.22. The van der Waals surface area contributed by atoms with E-state index in [0.717, 1.165) is 39.8 Å². The SMILES string of the molecule is O=C1CCc2cc(NCc3cc(Cl)cc4cccnc34)ccc2N1. The topological polar surface area (TPSA) is 54.0 Å². The van der Waals surface area contributed by atoms with Crippen LogP contribution in [0.3, 0.4) is 0 Å². The summed E-state index contributed by atoms with van der Waals surface area (Å²) in [6.45, 7) is 0.638. The highest BCUT2D eigenvalue weighted by Crippen LogP contribution is 2.27. The van der Waals surface area contributed by atoms with Gasteiger partial charge in [0.1, 0.15) is 0 Å². The van der Waals surface area contributed by atoms with E-state index in [4.69, 9.17) is 11.6 Å². The van der Waals surface area contributed by atoms with Crippen LogP contribution >= 0.6 is 11.6 Å². The van der Waals surface area contributed by atoms with E-state index in [1.165, 1.54) is 0 Å². The number of hydrogen-bond donors (Lipinski definition) is 2. The van der Waals surface area contributed by atoms with Crippen LogP contribution in [0.2, 0.25) is 5.02 Å². The van der Waals surface area contributed by atoms with Crippen LogP contribution in [-0.4, -0.2) is 10.9 Å². The van der Waals surface area contributed by atoms with Gasteiger partial charge >= 0.3 is 0 Å². The van der Waals surface area contributed by atoms with Gasteiger partial charge in [0.05, 0.1) is 5.52 Å². The van der Waals surface area contributed by atoms with E-state index in [2.05, 4.69) is 21.7 Å². The van der Waals surface area contributed by atoms with Gasteiger partial charge in [-0.1, -0.05) is 17.7 Å². The van der Waals surface area contributed by atoms with Crippen molar-refractivity contribution in [1.29, 1.82) is 0 Å². The van der Waals surface area contributed by atoms with Crippen molar-refractivity contribution >= 4 is 39.8 Å². The molecule has 1 aromatic heterocycles. The molecule has 0 saturated carbocycles. The summed E-state index contributed by atoms with van der Waals surface area (Å²) < 4.78 is 0. The number of fused-ring (bicyclic) bond motifs is 2. The molecule has 4 nitrogen and oxygen atoms in total. The number of halogens is 1. The Labute approximate surface area is 144 Å². The van der Waals surface area contributed by atoms with Crippen LogP contribution in [-0.2, 0) is 17.8 Å². The second-order valence-corrected chi connectivity index (χ2v) is 6.35. The van der Waals surface area contributed by atoms with Gasteiger partial charge in [-0.2, -0.15) is 0 Å². The van der Waals surface area contributed by atoms with Crippen LogP contribution in [0.25, 0.3) is 10.9 Å². The van der Waals surface area contributed by atoms with Crippen molar-refractivity contribution in [3.8, 4) is 0 Å². The zero-order valence-electron chi connectivity index (χ0n) is 13.0. The van der Waals surface area contributed by atoms with Gasteiger partial charge in [0.25, 0.3) is 0 Å². The lowest BCUT2D eigenvalue weighted by molar-refractivity contribution is -0.116. The molecular formula is C19H16ClN3O. The lowest BCUT2D eigenvalue weighted by Gasteiger charge is -2.18. The molecular weight excluding hydrogens is 322 g/mol. The maximum Gasteiger partial charge on any atom is 0.224 e. The van der Waals surface area contributed by atoms with Crippen molar-refractivity contribution in [2.75, 3.05) is 10.6 Å². The van der Waals surface area contributed by atoms with E-state index in [-0.39, 0.29) is 5.91 Å². The van der Waals surface area contributed by atoms with Crippen molar-refractivity contribution in [2.24, 2.45) is 0 Å². The predicted octanol–water partition coefficient (Wildman–Crippen LogP) is 4.39. The zero-order valence-corrected chi connectivity index (χ0v) is 13.7. The van der Waals surface area contributed by atoms with Crippen molar-refractivity contribution in [3.63, 3.8) is 0 Å². The average Bonchev–Trinajstić information content (AvgIpc) is 2.59. The number of carbonyl (C=O) groups excluding carboxylic acids is 1. The molecule has 0 saturated heterocycles. The molecule has 2 heterocycles. The summed E-state index contributed by atoms with van der Waals surface area (Å²) in [7, 11) is 0. The summed E-state index contributed by atoms with van der Waals surface area (Å²) in [4.78, 5) is 15.9. The Hall–Kier alpha value is -2.59. The smallest absolute Gasteiger partial charge is 0.224 e. The second-order valence-electron chi connectivity index (χ2n) is 5.91. The number of nitrogens with one attached hydrogen (secondary N) is 2. The normalized spacial score (nSPS) is 13.5. The van der Waals surface area contributed by atoms with Crippen LogP contribution in [0.4, 0.5) is 11.4 Å². The monoisotopic (exact) mass is 337 g/mol. The Morgan fingerprint density at radius 2 is 2.08 bits per heavy atom. The molecule has 120 valence electrons. The number of benzene rings is 2. The van der Waals surface area contributed by atoms with E-state index in [1.54, 1.807) is 6.20 Å². The highest BCUT2D eigenvalue weighted by molar-refractivity contribution is 6.31. The molecule has 0 atom stereocenters. The molecule has 0 spiro atoms. The van der Waals surface area contributed by atoms with Gasteiger partial charge in [-0.15, -0.1) is 0 Å². The minimum atomic E-state index is 0.0830. The van der Waals surface area contributed by atoms with Crippen LogP contribution in [0, 0.1) is 0 Å². The molecule has 2 aromatic carbocycles. The fourth-order valence-electron chi connectivity index (χ4n) is 3.05. The summed E-state index contributed by atoms with van der Waals surface area (Å²) in [5.41, 5.74) is 5.11. The molecule has 4 rings (SSSR count). The first-order valence-electron chi connectivity index (χ1n) is 7.89. The Kier molecular flexibility index (Phi) is 3.82. The maximum atomic E-state index is 11.4. The van der Waals surface area contributed by atoms with Crippen LogP contribution in [0.1, 0.15) is 17.5 Å². The van der Waals surface area contributed by atoms with E-state index >= 15 is 0 Å². The minimum absolute atomic E-state index is 0.0830. The molecule has 5 heteroatoms. The largest absolute Gasteiger partial charge is 0.381 e. The van der Waals surface area contributed by atoms with Gasteiger partial charge in [-0.05, 0) is 53.9 Å². The molecule has 0 bridgehead atoms. The number of amides is 1. The van der Waals surface area contributed by atoms with Crippen LogP contribution < -0.4 is 10.6 Å². The number of anilines is 2. The maximum absolute atomic E-state index is 11.4. The Bertz CT molecular complexity index is 939. The summed E-state index contributed by atoms with van der Waals surface area (Å²) in [5, 5.41) is 8.07. The van der Waals surface area contributed by atoms with Gasteiger partial charge in [0, 0.05) is 40.9 Å². The zero-order chi connectivity index (χ0) is 16.5. The molecule has 1 amide bonds. The number of pyridine rings is 1. The van der Waals surface area contributed by atoms with Gasteiger partial charge in [0.15, 0.2) is 0 Å². The van der Waals surface area contributed by atoms with Gasteiger partial charge in [-0.25, -0.2) is 0 Å². The number of hydrogen-bond acceptors (Lipinski definition) is 3. The van der Waals surface area contributed by atoms with Gasteiger partial charge in [-0.3, -0.25) is 9.78 Å². The van der Waals surface area contributed by atoms with E-state index in [9.17, 15) is 4.79 Å². The number of carbonyl (C=O) groups is 1. The third-order valence-electron chi connectivity index (χ3n) is 4.23. The van der Waals surface area contributed by atoms with Crippen molar-refractivity contribution in [2.45, 2.75) is 19.4 Å². The molecule has 0 radical (unpaired) electrons. The average molecular weight is 338 g/mol. The summed E-state index contributed by atoms with van der Waals surface area (Å²) in [6, 6.07) is 13.8. The number of aryl methyl sites for hydroxylation is 1. The number of rotatable bonds is 3. The van der Waals surface area contributed by atoms with Crippen LogP contribution in [0.5, 0.6) is 0 Å². The van der Waals surface area contributed by atoms with E-state index in [1.807, 2.05) is 36.4 Å². The first-order chi connectivity index (χ1) is 11.7. The summed E-state index contributed by atoms with van der Waals surface area (Å²) in [5.74, 6) is 0.0830. The third kappa shape index (κ3) is 2.93. The predicted molar refractivity (Wildman–Crippen MR) is 97.5 cm³/mol. The molecule has 0 aliphatic carbocycles. The standard InChI is InChI=1S/C19H16ClN3O/c20-15-8-13-2-1-7-21-19(13)14(9-15)11-22-16-4-5-17-12(10-16)3-6-18(24)23-17/h1-2,4-5,7-10,22H,3,6,11H2,(H,23,24). The minimum Gasteiger partial charge on any atom is -0.381 e. The quantitative estimate of drug-likeness (QED) is 0.745. The van der Waals surface area contributed by atoms with Crippen LogP contribution in [0.15, 0.2) is 48.7 Å². The van der Waals surface area contributed by atoms with Crippen molar-refractivity contribution in [1.82, 2.24) is 4.98 Å². The van der Waals surface area contributed by atoms with E-state index < -0.39 is 0 Å². The number of aromatic nitrogens is 1. The van der Waals surface area contributed by atoms with Gasteiger partial charge in [0.2, 0.25) is 5.91 Å². The molecule has 24 heavy (non-hydrogen) atoms. The molecule has 2 N–H and O–H groups in total. The third-order valence-corrected chi connectivity index (χ3v) is 4.45. The Morgan fingerprint density at radius 3 is 3.00 bits per heavy atom. The lowest BCUT2D eigenvalue weighted by Crippen LogP contribution is -2.18. The fourth-order valence-corrected chi connectivity index (χ4v) is 3.30. The Balaban J connectivity index is 1.58. The Morgan fingerprint density at radius 1 is 1.17 bits per heavy atom. The fraction of sp³-hybridized carbons (Fsp3) is 0.158. The molecule has 3 aromatic rings. The highest BCUT2D eigenvalue weighted by atomic mass is 35.5. The molecule has 0 unspecified atom stereocenters. The number of nitrogens with zero attached hydrogens (tertiary/aromatic N) is 1. The summed E-state index contributed by atoms with van der Waals surface area (Å²) in [6.07, 6.45) is 3.11. The molecule has 0 fully saturated rings.